The molecule has 6 aromatic rings. The van der Waals surface area contributed by atoms with Crippen LogP contribution in [0.2, 0.25) is 0 Å². The molecule has 0 aliphatic heterocycles. The molecule has 0 radical (unpaired) electrons. The fourth-order valence-corrected chi connectivity index (χ4v) is 4.34. The van der Waals surface area contributed by atoms with Gasteiger partial charge in [0.1, 0.15) is 22.7 Å². The van der Waals surface area contributed by atoms with Gasteiger partial charge in [-0.1, -0.05) is 37.0 Å². The first-order valence-corrected chi connectivity index (χ1v) is 12.5. The average molecular weight is 550 g/mol. The van der Waals surface area contributed by atoms with Crippen molar-refractivity contribution in [1.29, 1.82) is 0 Å². The van der Waals surface area contributed by atoms with Gasteiger partial charge in [0.05, 0.1) is 22.7 Å². The Balaban J connectivity index is 0.000000216. The number of anilines is 1. The summed E-state index contributed by atoms with van der Waals surface area (Å²) in [6.45, 7) is 1.90. The van der Waals surface area contributed by atoms with E-state index in [1.165, 1.54) is 16.6 Å². The highest BCUT2D eigenvalue weighted by atomic mass is 19.1. The Morgan fingerprint density at radius 3 is 2.66 bits per heavy atom. The number of rotatable bonds is 3. The summed E-state index contributed by atoms with van der Waals surface area (Å²) in [6, 6.07) is 13.0. The number of halogens is 1. The molecule has 41 heavy (non-hydrogen) atoms. The number of nitrogens with zero attached hydrogens (tertiary/aromatic N) is 5. The Morgan fingerprint density at radius 1 is 1.15 bits per heavy atom. The second kappa shape index (κ2) is 11.2. The van der Waals surface area contributed by atoms with E-state index < -0.39 is 11.7 Å². The second-order valence-electron chi connectivity index (χ2n) is 8.94. The summed E-state index contributed by atoms with van der Waals surface area (Å²) in [5.41, 5.74) is 13.6. The van der Waals surface area contributed by atoms with Crippen LogP contribution in [0, 0.1) is 17.7 Å². The van der Waals surface area contributed by atoms with Crippen molar-refractivity contribution in [3.63, 3.8) is 0 Å². The van der Waals surface area contributed by atoms with Crippen molar-refractivity contribution in [2.45, 2.75) is 13.3 Å². The molecule has 0 atom stereocenters. The molecule has 4 N–H and O–H groups in total. The number of hydrogen-bond acceptors (Lipinski definition) is 7. The number of nitrogens with two attached hydrogens (primary N) is 2. The highest BCUT2D eigenvalue weighted by Crippen LogP contribution is 2.27. The molecule has 4 heterocycles. The van der Waals surface area contributed by atoms with E-state index in [1.807, 2.05) is 14.0 Å². The molecule has 2 aromatic carbocycles. The number of aryl methyl sites for hydroxylation is 2. The molecule has 1 amide bonds. The molecule has 0 aliphatic rings. The van der Waals surface area contributed by atoms with Gasteiger partial charge in [-0.05, 0) is 35.9 Å². The number of carbonyl (C=O) groups is 1. The third-order valence-corrected chi connectivity index (χ3v) is 6.14. The van der Waals surface area contributed by atoms with Crippen molar-refractivity contribution < 1.29 is 13.6 Å². The van der Waals surface area contributed by atoms with Crippen molar-refractivity contribution in [1.82, 2.24) is 24.4 Å². The molecule has 10 nitrogen and oxygen atoms in total. The number of benzene rings is 2. The van der Waals surface area contributed by atoms with E-state index in [9.17, 15) is 14.0 Å². The Hall–Kier alpha value is -5.76. The van der Waals surface area contributed by atoms with E-state index >= 15 is 0 Å². The smallest absolute Gasteiger partial charge is 0.256 e. The summed E-state index contributed by atoms with van der Waals surface area (Å²) in [4.78, 5) is 28.3. The van der Waals surface area contributed by atoms with Crippen molar-refractivity contribution in [3.8, 4) is 23.0 Å². The van der Waals surface area contributed by atoms with Gasteiger partial charge in [-0.2, -0.15) is 5.10 Å². The van der Waals surface area contributed by atoms with Crippen LogP contribution in [0.4, 0.5) is 10.2 Å². The fourth-order valence-electron chi connectivity index (χ4n) is 4.34. The normalized spacial score (nSPS) is 10.6. The highest BCUT2D eigenvalue weighted by molar-refractivity contribution is 6.03. The quantitative estimate of drug-likeness (QED) is 0.320. The van der Waals surface area contributed by atoms with Crippen LogP contribution >= 0.6 is 0 Å². The van der Waals surface area contributed by atoms with Crippen molar-refractivity contribution in [3.05, 3.63) is 112 Å². The molecule has 0 unspecified atom stereocenters. The lowest BCUT2D eigenvalue weighted by Gasteiger charge is -2.10. The van der Waals surface area contributed by atoms with E-state index in [4.69, 9.17) is 15.9 Å². The SMILES string of the molecule is CCc1oc2cccc(C#Cc3cnn(C)c3)c2c(=O)c1-c1cccc(F)c1.NC(=O)c1c(N)nn2cccnc12. The van der Waals surface area contributed by atoms with Crippen LogP contribution in [0.25, 0.3) is 27.7 Å². The number of hydrogen-bond donors (Lipinski definition) is 2. The third kappa shape index (κ3) is 5.39. The first kappa shape index (κ1) is 26.8. The molecule has 11 heteroatoms. The largest absolute Gasteiger partial charge is 0.460 e. The van der Waals surface area contributed by atoms with Crippen LogP contribution in [-0.2, 0) is 13.5 Å². The first-order valence-electron chi connectivity index (χ1n) is 12.5. The van der Waals surface area contributed by atoms with Crippen molar-refractivity contribution in [2.75, 3.05) is 5.73 Å². The summed E-state index contributed by atoms with van der Waals surface area (Å²) in [5, 5.41) is 8.36. The number of nitrogen functional groups attached to an aromatic ring is 1. The minimum Gasteiger partial charge on any atom is -0.460 e. The van der Waals surface area contributed by atoms with Crippen LogP contribution in [0.15, 0.2) is 82.5 Å². The van der Waals surface area contributed by atoms with Gasteiger partial charge in [0.2, 0.25) is 5.43 Å². The summed E-state index contributed by atoms with van der Waals surface area (Å²) in [7, 11) is 1.81. The van der Waals surface area contributed by atoms with Gasteiger partial charge in [0, 0.05) is 37.6 Å². The summed E-state index contributed by atoms with van der Waals surface area (Å²) >= 11 is 0. The Labute approximate surface area is 233 Å². The van der Waals surface area contributed by atoms with Gasteiger partial charge in [-0.15, -0.1) is 5.10 Å². The molecule has 204 valence electrons. The number of aromatic nitrogens is 5. The van der Waals surface area contributed by atoms with E-state index in [1.54, 1.807) is 65.9 Å². The summed E-state index contributed by atoms with van der Waals surface area (Å²) in [5.74, 6) is 5.69. The van der Waals surface area contributed by atoms with Crippen molar-refractivity contribution >= 4 is 28.3 Å². The summed E-state index contributed by atoms with van der Waals surface area (Å²) in [6.07, 6.45) is 7.17. The molecule has 0 spiro atoms. The predicted molar refractivity (Wildman–Crippen MR) is 152 cm³/mol. The number of amides is 1. The lowest BCUT2D eigenvalue weighted by atomic mass is 9.99. The minimum absolute atomic E-state index is 0.103. The monoisotopic (exact) mass is 549 g/mol. The Kier molecular flexibility index (Phi) is 7.30. The van der Waals surface area contributed by atoms with Crippen LogP contribution in [0.5, 0.6) is 0 Å². The van der Waals surface area contributed by atoms with Crippen molar-refractivity contribution in [2.24, 2.45) is 12.8 Å². The number of primary amides is 1. The van der Waals surface area contributed by atoms with E-state index in [-0.39, 0.29) is 16.8 Å². The van der Waals surface area contributed by atoms with Crippen LogP contribution in [0.3, 0.4) is 0 Å². The topological polar surface area (TPSA) is 147 Å². The molecule has 6 rings (SSSR count). The molecule has 0 aliphatic carbocycles. The maximum absolute atomic E-state index is 13.8. The zero-order chi connectivity index (χ0) is 29.1. The predicted octanol–water partition coefficient (Wildman–Crippen LogP) is 3.71. The molecular formula is C30H24FN7O3. The van der Waals surface area contributed by atoms with E-state index in [2.05, 4.69) is 27.0 Å². The van der Waals surface area contributed by atoms with Gasteiger partial charge in [-0.25, -0.2) is 13.9 Å². The first-order chi connectivity index (χ1) is 19.8. The average Bonchev–Trinajstić information content (AvgIpc) is 3.53. The molecular weight excluding hydrogens is 525 g/mol. The lowest BCUT2D eigenvalue weighted by Crippen LogP contribution is -2.12. The number of fused-ring (bicyclic) bond motifs is 2. The molecule has 0 fully saturated rings. The van der Waals surface area contributed by atoms with Gasteiger partial charge in [-0.3, -0.25) is 14.3 Å². The van der Waals surface area contributed by atoms with Gasteiger partial charge < -0.3 is 15.9 Å². The fraction of sp³-hybridized carbons (Fsp3) is 0.100. The lowest BCUT2D eigenvalue weighted by molar-refractivity contribution is 0.100. The van der Waals surface area contributed by atoms with Gasteiger partial charge in [0.15, 0.2) is 11.5 Å². The zero-order valence-corrected chi connectivity index (χ0v) is 22.1. The number of carbonyl (C=O) groups excluding carboxylic acids is 1. The highest BCUT2D eigenvalue weighted by Gasteiger charge is 2.18. The van der Waals surface area contributed by atoms with Crippen LogP contribution < -0.4 is 16.9 Å². The Bertz CT molecular complexity index is 2050. The minimum atomic E-state index is -0.619. The molecule has 4 aromatic heterocycles. The maximum Gasteiger partial charge on any atom is 0.256 e. The third-order valence-electron chi connectivity index (χ3n) is 6.14. The van der Waals surface area contributed by atoms with Gasteiger partial charge >= 0.3 is 0 Å². The second-order valence-corrected chi connectivity index (χ2v) is 8.94. The standard InChI is InChI=1S/C23H17FN2O2.C7H7N5O/c1-3-19-22(17-7-4-8-18(24)12-17)23(27)21-16(6-5-9-20(21)28-19)11-10-15-13-25-26(2)14-15;8-5-4(6(9)13)7-10-2-1-3-12(7)11-5/h4-9,12-14H,3H2,1-2H3;1-3H,(H2,8,11)(H2,9,13). The van der Waals surface area contributed by atoms with Crippen LogP contribution in [0.1, 0.15) is 34.2 Å². The molecule has 0 saturated carbocycles. The maximum atomic E-state index is 13.8. The van der Waals surface area contributed by atoms with Crippen LogP contribution in [-0.4, -0.2) is 30.3 Å². The Morgan fingerprint density at radius 2 is 1.95 bits per heavy atom. The van der Waals surface area contributed by atoms with E-state index in [0.717, 1.165) is 5.56 Å². The zero-order valence-electron chi connectivity index (χ0n) is 22.1. The molecule has 0 saturated heterocycles. The summed E-state index contributed by atoms with van der Waals surface area (Å²) < 4.78 is 22.8. The van der Waals surface area contributed by atoms with E-state index in [0.29, 0.717) is 45.5 Å². The molecule has 0 bridgehead atoms. The van der Waals surface area contributed by atoms with Gasteiger partial charge in [0.25, 0.3) is 5.91 Å².